The van der Waals surface area contributed by atoms with Crippen LogP contribution in [0.3, 0.4) is 0 Å². The second-order valence-electron chi connectivity index (χ2n) is 4.51. The van der Waals surface area contributed by atoms with Gasteiger partial charge in [-0.3, -0.25) is 4.79 Å². The third kappa shape index (κ3) is 3.98. The zero-order chi connectivity index (χ0) is 16.1. The van der Waals surface area contributed by atoms with Crippen molar-refractivity contribution in [3.8, 4) is 5.75 Å². The second-order valence-corrected chi connectivity index (χ2v) is 5.39. The molecule has 22 heavy (non-hydrogen) atoms. The molecule has 0 heterocycles. The van der Waals surface area contributed by atoms with Crippen LogP contribution in [-0.2, 0) is 0 Å². The van der Waals surface area contributed by atoms with Gasteiger partial charge in [0, 0.05) is 10.5 Å². The summed E-state index contributed by atoms with van der Waals surface area (Å²) in [6, 6.07) is 11.6. The molecule has 0 aliphatic carbocycles. The summed E-state index contributed by atoms with van der Waals surface area (Å²) >= 11 is 1.52. The number of ether oxygens (including phenoxy) is 1. The minimum Gasteiger partial charge on any atom is -0.433 e. The summed E-state index contributed by atoms with van der Waals surface area (Å²) in [7, 11) is 0. The smallest absolute Gasteiger partial charge is 0.387 e. The maximum atomic E-state index is 12.4. The highest BCUT2D eigenvalue weighted by molar-refractivity contribution is 7.98. The molecule has 1 amide bonds. The third-order valence-corrected chi connectivity index (χ3v) is 3.77. The molecule has 3 nitrogen and oxygen atoms in total. The monoisotopic (exact) mass is 323 g/mol. The van der Waals surface area contributed by atoms with Crippen LogP contribution < -0.4 is 10.1 Å². The van der Waals surface area contributed by atoms with Gasteiger partial charge in [-0.25, -0.2) is 0 Å². The van der Waals surface area contributed by atoms with E-state index in [2.05, 4.69) is 10.1 Å². The van der Waals surface area contributed by atoms with Gasteiger partial charge in [0.25, 0.3) is 5.91 Å². The molecule has 0 radical (unpaired) electrons. The lowest BCUT2D eigenvalue weighted by atomic mass is 10.1. The summed E-state index contributed by atoms with van der Waals surface area (Å²) in [4.78, 5) is 13.3. The minimum absolute atomic E-state index is 0.0653. The highest BCUT2D eigenvalue weighted by atomic mass is 32.2. The number of carbonyl (C=O) groups excluding carboxylic acids is 1. The molecule has 2 rings (SSSR count). The summed E-state index contributed by atoms with van der Waals surface area (Å²) < 4.78 is 29.2. The van der Waals surface area contributed by atoms with E-state index in [4.69, 9.17) is 0 Å². The maximum Gasteiger partial charge on any atom is 0.387 e. The van der Waals surface area contributed by atoms with E-state index in [1.807, 2.05) is 25.3 Å². The number of para-hydroxylation sites is 2. The van der Waals surface area contributed by atoms with Crippen LogP contribution in [-0.4, -0.2) is 18.8 Å². The van der Waals surface area contributed by atoms with E-state index in [1.54, 1.807) is 18.2 Å². The van der Waals surface area contributed by atoms with Crippen LogP contribution in [0.4, 0.5) is 14.5 Å². The van der Waals surface area contributed by atoms with E-state index >= 15 is 0 Å². The molecule has 2 aromatic carbocycles. The van der Waals surface area contributed by atoms with E-state index in [0.29, 0.717) is 5.56 Å². The molecule has 116 valence electrons. The normalized spacial score (nSPS) is 10.6. The molecule has 0 saturated heterocycles. The Balaban J connectivity index is 2.26. The molecule has 6 heteroatoms. The number of anilines is 1. The van der Waals surface area contributed by atoms with Gasteiger partial charge in [-0.05, 0) is 43.0 Å². The summed E-state index contributed by atoms with van der Waals surface area (Å²) in [5.74, 6) is -0.428. The van der Waals surface area contributed by atoms with E-state index in [1.165, 1.54) is 23.9 Å². The number of aryl methyl sites for hydroxylation is 1. The van der Waals surface area contributed by atoms with Crippen LogP contribution in [0.15, 0.2) is 47.4 Å². The lowest BCUT2D eigenvalue weighted by molar-refractivity contribution is -0.0493. The fourth-order valence-electron chi connectivity index (χ4n) is 1.93. The Bertz CT molecular complexity index is 677. The second kappa shape index (κ2) is 7.26. The first-order valence-electron chi connectivity index (χ1n) is 6.51. The molecule has 2 aromatic rings. The number of nitrogens with one attached hydrogen (secondary N) is 1. The number of carbonyl (C=O) groups is 1. The van der Waals surface area contributed by atoms with Crippen LogP contribution in [0.25, 0.3) is 0 Å². The molecular formula is C16H15F2NO2S. The van der Waals surface area contributed by atoms with Crippen molar-refractivity contribution in [3.63, 3.8) is 0 Å². The first-order chi connectivity index (χ1) is 10.5. The molecule has 0 aliphatic rings. The van der Waals surface area contributed by atoms with Crippen molar-refractivity contribution in [1.82, 2.24) is 0 Å². The molecular weight excluding hydrogens is 308 g/mol. The SMILES string of the molecule is CSc1ccc(C)c(C(=O)Nc2ccccc2OC(F)F)c1. The van der Waals surface area contributed by atoms with Crippen LogP contribution in [0.1, 0.15) is 15.9 Å². The highest BCUT2D eigenvalue weighted by Crippen LogP contribution is 2.27. The Hall–Kier alpha value is -2.08. The number of hydrogen-bond donors (Lipinski definition) is 1. The number of hydrogen-bond acceptors (Lipinski definition) is 3. The standard InChI is InChI=1S/C16H15F2NO2S/c1-10-7-8-11(22-2)9-12(10)15(20)19-13-5-3-4-6-14(13)21-16(17)18/h3-9,16H,1-2H3,(H,19,20). The molecule has 0 aromatic heterocycles. The van der Waals surface area contributed by atoms with Crippen molar-refractivity contribution in [2.75, 3.05) is 11.6 Å². The minimum atomic E-state index is -2.94. The Morgan fingerprint density at radius 3 is 2.64 bits per heavy atom. The zero-order valence-corrected chi connectivity index (χ0v) is 12.9. The van der Waals surface area contributed by atoms with Gasteiger partial charge < -0.3 is 10.1 Å². The summed E-state index contributed by atoms with van der Waals surface area (Å²) in [5.41, 5.74) is 1.52. The Labute approximate surface area is 131 Å². The van der Waals surface area contributed by atoms with Crippen molar-refractivity contribution in [2.45, 2.75) is 18.4 Å². The quantitative estimate of drug-likeness (QED) is 0.819. The predicted octanol–water partition coefficient (Wildman–Crippen LogP) is 4.57. The molecule has 1 N–H and O–H groups in total. The van der Waals surface area contributed by atoms with E-state index < -0.39 is 6.61 Å². The average Bonchev–Trinajstić information content (AvgIpc) is 2.49. The van der Waals surface area contributed by atoms with E-state index in [-0.39, 0.29) is 17.3 Å². The molecule has 0 saturated carbocycles. The fraction of sp³-hybridized carbons (Fsp3) is 0.188. The zero-order valence-electron chi connectivity index (χ0n) is 12.1. The van der Waals surface area contributed by atoms with Crippen LogP contribution in [0.5, 0.6) is 5.75 Å². The summed E-state index contributed by atoms with van der Waals surface area (Å²) in [6.45, 7) is -1.12. The molecule has 0 bridgehead atoms. The van der Waals surface area contributed by atoms with Crippen molar-refractivity contribution < 1.29 is 18.3 Å². The average molecular weight is 323 g/mol. The van der Waals surface area contributed by atoms with Crippen LogP contribution in [0, 0.1) is 6.92 Å². The van der Waals surface area contributed by atoms with Crippen LogP contribution in [0.2, 0.25) is 0 Å². The number of rotatable bonds is 5. The van der Waals surface area contributed by atoms with E-state index in [0.717, 1.165) is 10.5 Å². The Morgan fingerprint density at radius 1 is 1.23 bits per heavy atom. The number of thioether (sulfide) groups is 1. The Kier molecular flexibility index (Phi) is 5.38. The first kappa shape index (κ1) is 16.3. The summed E-state index contributed by atoms with van der Waals surface area (Å²) in [5, 5.41) is 2.62. The molecule has 0 aliphatic heterocycles. The molecule has 0 atom stereocenters. The molecule has 0 fully saturated rings. The predicted molar refractivity (Wildman–Crippen MR) is 84.0 cm³/mol. The first-order valence-corrected chi connectivity index (χ1v) is 7.73. The Morgan fingerprint density at radius 2 is 1.95 bits per heavy atom. The lowest BCUT2D eigenvalue weighted by Gasteiger charge is -2.13. The van der Waals surface area contributed by atoms with Gasteiger partial charge in [-0.1, -0.05) is 18.2 Å². The van der Waals surface area contributed by atoms with Gasteiger partial charge in [-0.2, -0.15) is 8.78 Å². The van der Waals surface area contributed by atoms with Crippen molar-refractivity contribution in [1.29, 1.82) is 0 Å². The van der Waals surface area contributed by atoms with Gasteiger partial charge in [0.15, 0.2) is 0 Å². The van der Waals surface area contributed by atoms with Gasteiger partial charge in [0.05, 0.1) is 5.69 Å². The number of halogens is 2. The van der Waals surface area contributed by atoms with Gasteiger partial charge >= 0.3 is 6.61 Å². The highest BCUT2D eigenvalue weighted by Gasteiger charge is 2.14. The summed E-state index contributed by atoms with van der Waals surface area (Å²) in [6.07, 6.45) is 1.91. The third-order valence-electron chi connectivity index (χ3n) is 3.04. The van der Waals surface area contributed by atoms with Gasteiger partial charge in [0.2, 0.25) is 0 Å². The molecule has 0 spiro atoms. The number of benzene rings is 2. The lowest BCUT2D eigenvalue weighted by Crippen LogP contribution is -2.15. The van der Waals surface area contributed by atoms with Crippen LogP contribution >= 0.6 is 11.8 Å². The number of amides is 1. The van der Waals surface area contributed by atoms with E-state index in [9.17, 15) is 13.6 Å². The number of alkyl halides is 2. The van der Waals surface area contributed by atoms with Crippen molar-refractivity contribution >= 4 is 23.4 Å². The van der Waals surface area contributed by atoms with Gasteiger partial charge in [-0.15, -0.1) is 11.8 Å². The van der Waals surface area contributed by atoms with Gasteiger partial charge in [0.1, 0.15) is 5.75 Å². The largest absolute Gasteiger partial charge is 0.433 e. The topological polar surface area (TPSA) is 38.3 Å². The fourth-order valence-corrected chi connectivity index (χ4v) is 2.37. The maximum absolute atomic E-state index is 12.4. The molecule has 0 unspecified atom stereocenters. The van der Waals surface area contributed by atoms with Crippen molar-refractivity contribution in [3.05, 3.63) is 53.6 Å². The van der Waals surface area contributed by atoms with Crippen molar-refractivity contribution in [2.24, 2.45) is 0 Å².